The Hall–Kier alpha value is -1.35. The van der Waals surface area contributed by atoms with Crippen molar-refractivity contribution < 1.29 is 4.79 Å². The van der Waals surface area contributed by atoms with Crippen molar-refractivity contribution in [3.05, 3.63) is 35.9 Å². The monoisotopic (exact) mass is 276 g/mol. The molecule has 2 atom stereocenters. The highest BCUT2D eigenvalue weighted by molar-refractivity contribution is 5.81. The van der Waals surface area contributed by atoms with E-state index >= 15 is 0 Å². The van der Waals surface area contributed by atoms with Gasteiger partial charge < -0.3 is 11.1 Å². The molecule has 3 nitrogen and oxygen atoms in total. The second-order valence-electron chi connectivity index (χ2n) is 6.64. The lowest BCUT2D eigenvalue weighted by Crippen LogP contribution is -2.43. The Balaban J connectivity index is 2.33. The van der Waals surface area contributed by atoms with E-state index in [1.807, 2.05) is 18.2 Å². The van der Waals surface area contributed by atoms with Crippen molar-refractivity contribution in [2.24, 2.45) is 17.1 Å². The summed E-state index contributed by atoms with van der Waals surface area (Å²) in [5, 5.41) is 2.96. The highest BCUT2D eigenvalue weighted by Gasteiger charge is 2.21. The normalized spacial score (nSPS) is 14.7. The summed E-state index contributed by atoms with van der Waals surface area (Å²) in [5.41, 5.74) is 7.37. The maximum absolute atomic E-state index is 12.0. The van der Waals surface area contributed by atoms with Gasteiger partial charge in [0.2, 0.25) is 5.91 Å². The molecule has 1 amide bonds. The van der Waals surface area contributed by atoms with Crippen LogP contribution in [0.2, 0.25) is 0 Å². The summed E-state index contributed by atoms with van der Waals surface area (Å²) in [6, 6.07) is 9.70. The van der Waals surface area contributed by atoms with Gasteiger partial charge >= 0.3 is 0 Å². The number of amides is 1. The van der Waals surface area contributed by atoms with Gasteiger partial charge in [-0.05, 0) is 29.7 Å². The number of rotatable bonds is 6. The minimum Gasteiger partial charge on any atom is -0.354 e. The number of aryl methyl sites for hydroxylation is 1. The maximum atomic E-state index is 12.0. The molecular weight excluding hydrogens is 248 g/mol. The zero-order valence-corrected chi connectivity index (χ0v) is 13.1. The molecule has 20 heavy (non-hydrogen) atoms. The molecule has 3 heteroatoms. The molecule has 0 aromatic heterocycles. The Morgan fingerprint density at radius 1 is 1.25 bits per heavy atom. The van der Waals surface area contributed by atoms with E-state index in [0.29, 0.717) is 18.9 Å². The van der Waals surface area contributed by atoms with Gasteiger partial charge in [0.15, 0.2) is 0 Å². The third kappa shape index (κ3) is 5.74. The average Bonchev–Trinajstić information content (AvgIpc) is 2.41. The van der Waals surface area contributed by atoms with Crippen LogP contribution in [0.4, 0.5) is 0 Å². The van der Waals surface area contributed by atoms with Crippen LogP contribution < -0.4 is 11.1 Å². The fourth-order valence-electron chi connectivity index (χ4n) is 1.79. The van der Waals surface area contributed by atoms with Gasteiger partial charge in [-0.1, -0.05) is 58.0 Å². The Bertz CT molecular complexity index is 409. The van der Waals surface area contributed by atoms with Crippen LogP contribution in [0.1, 0.15) is 39.7 Å². The number of carbonyl (C=O) groups excluding carboxylic acids is 1. The van der Waals surface area contributed by atoms with Crippen molar-refractivity contribution >= 4 is 5.91 Å². The number of hydrogen-bond donors (Lipinski definition) is 2. The van der Waals surface area contributed by atoms with E-state index in [1.54, 1.807) is 0 Å². The summed E-state index contributed by atoms with van der Waals surface area (Å²) in [6.07, 6.45) is 1.52. The van der Waals surface area contributed by atoms with Gasteiger partial charge in [0.25, 0.3) is 0 Å². The van der Waals surface area contributed by atoms with Gasteiger partial charge in [0, 0.05) is 6.54 Å². The van der Waals surface area contributed by atoms with Gasteiger partial charge in [-0.15, -0.1) is 0 Å². The quantitative estimate of drug-likeness (QED) is 0.839. The minimum atomic E-state index is -0.428. The molecule has 0 aliphatic heterocycles. The SMILES string of the molecule is CC(CNC(=O)[C@@H](N)CCc1ccccc1)C(C)(C)C. The second-order valence-corrected chi connectivity index (χ2v) is 6.64. The molecule has 0 heterocycles. The van der Waals surface area contributed by atoms with Crippen LogP contribution >= 0.6 is 0 Å². The molecule has 1 aromatic carbocycles. The molecule has 0 radical (unpaired) electrons. The molecule has 0 saturated carbocycles. The lowest BCUT2D eigenvalue weighted by Gasteiger charge is -2.27. The predicted octanol–water partition coefficient (Wildman–Crippen LogP) is 2.74. The standard InChI is InChI=1S/C17H28N2O/c1-13(17(2,3)4)12-19-16(20)15(18)11-10-14-8-6-5-7-9-14/h5-9,13,15H,10-12,18H2,1-4H3,(H,19,20)/t13?,15-/m0/s1. The molecule has 0 aliphatic carbocycles. The lowest BCUT2D eigenvalue weighted by atomic mass is 9.82. The number of carbonyl (C=O) groups is 1. The van der Waals surface area contributed by atoms with E-state index in [2.05, 4.69) is 45.1 Å². The first kappa shape index (κ1) is 16.7. The molecule has 0 saturated heterocycles. The molecule has 1 aromatic rings. The fourth-order valence-corrected chi connectivity index (χ4v) is 1.79. The van der Waals surface area contributed by atoms with Crippen LogP contribution in [0.25, 0.3) is 0 Å². The summed E-state index contributed by atoms with van der Waals surface area (Å²) < 4.78 is 0. The van der Waals surface area contributed by atoms with E-state index < -0.39 is 6.04 Å². The van der Waals surface area contributed by atoms with Crippen molar-refractivity contribution in [3.63, 3.8) is 0 Å². The largest absolute Gasteiger partial charge is 0.354 e. The Morgan fingerprint density at radius 2 is 1.85 bits per heavy atom. The average molecular weight is 276 g/mol. The van der Waals surface area contributed by atoms with Gasteiger partial charge in [-0.2, -0.15) is 0 Å². The Labute approximate surface area is 122 Å². The molecule has 1 rings (SSSR count). The second kappa shape index (κ2) is 7.44. The first-order valence-electron chi connectivity index (χ1n) is 7.38. The van der Waals surface area contributed by atoms with E-state index in [9.17, 15) is 4.79 Å². The smallest absolute Gasteiger partial charge is 0.236 e. The van der Waals surface area contributed by atoms with Gasteiger partial charge in [-0.3, -0.25) is 4.79 Å². The summed E-state index contributed by atoms with van der Waals surface area (Å²) >= 11 is 0. The van der Waals surface area contributed by atoms with Crippen LogP contribution in [-0.2, 0) is 11.2 Å². The molecule has 0 spiro atoms. The van der Waals surface area contributed by atoms with Crippen LogP contribution in [0.5, 0.6) is 0 Å². The number of nitrogens with one attached hydrogen (secondary N) is 1. The first-order valence-corrected chi connectivity index (χ1v) is 7.38. The van der Waals surface area contributed by atoms with Gasteiger partial charge in [0.1, 0.15) is 0 Å². The van der Waals surface area contributed by atoms with Crippen molar-refractivity contribution in [2.45, 2.75) is 46.6 Å². The molecule has 0 aliphatic rings. The van der Waals surface area contributed by atoms with Crippen LogP contribution in [-0.4, -0.2) is 18.5 Å². The summed E-state index contributed by atoms with van der Waals surface area (Å²) in [6.45, 7) is 9.37. The highest BCUT2D eigenvalue weighted by atomic mass is 16.2. The van der Waals surface area contributed by atoms with Crippen LogP contribution in [0.15, 0.2) is 30.3 Å². The summed E-state index contributed by atoms with van der Waals surface area (Å²) in [4.78, 5) is 12.0. The zero-order valence-electron chi connectivity index (χ0n) is 13.1. The van der Waals surface area contributed by atoms with Crippen LogP contribution in [0, 0.1) is 11.3 Å². The molecule has 1 unspecified atom stereocenters. The number of benzene rings is 1. The van der Waals surface area contributed by atoms with Crippen molar-refractivity contribution in [1.82, 2.24) is 5.32 Å². The number of hydrogen-bond acceptors (Lipinski definition) is 2. The predicted molar refractivity (Wildman–Crippen MR) is 84.4 cm³/mol. The van der Waals surface area contributed by atoms with E-state index in [4.69, 9.17) is 5.73 Å². The van der Waals surface area contributed by atoms with E-state index in [-0.39, 0.29) is 11.3 Å². The van der Waals surface area contributed by atoms with Gasteiger partial charge in [0.05, 0.1) is 6.04 Å². The topological polar surface area (TPSA) is 55.1 Å². The van der Waals surface area contributed by atoms with Gasteiger partial charge in [-0.25, -0.2) is 0 Å². The zero-order chi connectivity index (χ0) is 15.2. The van der Waals surface area contributed by atoms with Crippen molar-refractivity contribution in [3.8, 4) is 0 Å². The van der Waals surface area contributed by atoms with E-state index in [1.165, 1.54) is 5.56 Å². The highest BCUT2D eigenvalue weighted by Crippen LogP contribution is 2.24. The maximum Gasteiger partial charge on any atom is 0.236 e. The third-order valence-corrected chi connectivity index (χ3v) is 3.98. The third-order valence-electron chi connectivity index (χ3n) is 3.98. The summed E-state index contributed by atoms with van der Waals surface area (Å²) in [7, 11) is 0. The molecular formula is C17H28N2O. The van der Waals surface area contributed by atoms with E-state index in [0.717, 1.165) is 6.42 Å². The summed E-state index contributed by atoms with van der Waals surface area (Å²) in [5.74, 6) is 0.379. The first-order chi connectivity index (χ1) is 9.30. The molecule has 3 N–H and O–H groups in total. The number of nitrogens with two attached hydrogens (primary N) is 1. The Kier molecular flexibility index (Phi) is 6.21. The van der Waals surface area contributed by atoms with Crippen LogP contribution in [0.3, 0.4) is 0 Å². The fraction of sp³-hybridized carbons (Fsp3) is 0.588. The molecule has 0 bridgehead atoms. The Morgan fingerprint density at radius 3 is 2.40 bits per heavy atom. The van der Waals surface area contributed by atoms with Crippen molar-refractivity contribution in [1.29, 1.82) is 0 Å². The molecule has 0 fully saturated rings. The lowest BCUT2D eigenvalue weighted by molar-refractivity contribution is -0.122. The minimum absolute atomic E-state index is 0.0444. The van der Waals surface area contributed by atoms with Crippen molar-refractivity contribution in [2.75, 3.05) is 6.54 Å². The molecule has 112 valence electrons.